The lowest BCUT2D eigenvalue weighted by molar-refractivity contribution is 0.0983. The van der Waals surface area contributed by atoms with Crippen molar-refractivity contribution in [2.45, 2.75) is 27.7 Å². The summed E-state index contributed by atoms with van der Waals surface area (Å²) < 4.78 is 0. The van der Waals surface area contributed by atoms with Crippen LogP contribution in [0.5, 0.6) is 0 Å². The molecule has 0 aliphatic rings. The highest BCUT2D eigenvalue weighted by atomic mass is 16.2. The molecule has 23 heavy (non-hydrogen) atoms. The molecule has 0 spiro atoms. The highest BCUT2D eigenvalue weighted by molar-refractivity contribution is 6.05. The Morgan fingerprint density at radius 3 is 2.22 bits per heavy atom. The van der Waals surface area contributed by atoms with E-state index in [2.05, 4.69) is 28.7 Å². The molecule has 0 saturated heterocycles. The summed E-state index contributed by atoms with van der Waals surface area (Å²) in [6.07, 6.45) is 0. The standard InChI is InChI=1S/C18H24N4O/c1-5-21(6-2)17-13-16(19-14(4)20-17)18(23)22(7-3)15-11-9-8-10-12-15/h8-13H,5-7H2,1-4H3. The van der Waals surface area contributed by atoms with E-state index in [9.17, 15) is 4.79 Å². The summed E-state index contributed by atoms with van der Waals surface area (Å²) in [5, 5.41) is 0. The Hall–Kier alpha value is -2.43. The third kappa shape index (κ3) is 3.86. The number of aryl methyl sites for hydroxylation is 1. The minimum absolute atomic E-state index is 0.0994. The number of amides is 1. The van der Waals surface area contributed by atoms with Crippen LogP contribution in [0, 0.1) is 6.92 Å². The van der Waals surface area contributed by atoms with E-state index in [1.54, 1.807) is 11.0 Å². The normalized spacial score (nSPS) is 10.4. The minimum Gasteiger partial charge on any atom is -0.357 e. The zero-order chi connectivity index (χ0) is 16.8. The maximum Gasteiger partial charge on any atom is 0.277 e. The molecule has 2 aromatic rings. The molecular weight excluding hydrogens is 288 g/mol. The summed E-state index contributed by atoms with van der Waals surface area (Å²) in [6.45, 7) is 10.2. The first-order chi connectivity index (χ1) is 11.1. The third-order valence-electron chi connectivity index (χ3n) is 3.76. The van der Waals surface area contributed by atoms with E-state index in [-0.39, 0.29) is 5.91 Å². The van der Waals surface area contributed by atoms with E-state index in [4.69, 9.17) is 0 Å². The second-order valence-corrected chi connectivity index (χ2v) is 5.22. The van der Waals surface area contributed by atoms with Crippen molar-refractivity contribution in [3.8, 4) is 0 Å². The average molecular weight is 312 g/mol. The highest BCUT2D eigenvalue weighted by Gasteiger charge is 2.19. The van der Waals surface area contributed by atoms with E-state index in [1.807, 2.05) is 44.2 Å². The zero-order valence-corrected chi connectivity index (χ0v) is 14.3. The molecule has 0 N–H and O–H groups in total. The van der Waals surface area contributed by atoms with E-state index in [0.29, 0.717) is 18.1 Å². The topological polar surface area (TPSA) is 49.3 Å². The van der Waals surface area contributed by atoms with Crippen LogP contribution in [-0.4, -0.2) is 35.5 Å². The second kappa shape index (κ2) is 7.72. The van der Waals surface area contributed by atoms with Gasteiger partial charge in [-0.05, 0) is 39.8 Å². The molecule has 0 bridgehead atoms. The minimum atomic E-state index is -0.0994. The van der Waals surface area contributed by atoms with Crippen LogP contribution in [0.15, 0.2) is 36.4 Å². The van der Waals surface area contributed by atoms with Gasteiger partial charge in [-0.15, -0.1) is 0 Å². The molecular formula is C18H24N4O. The van der Waals surface area contributed by atoms with Gasteiger partial charge in [0.05, 0.1) is 0 Å². The average Bonchev–Trinajstić information content (AvgIpc) is 2.57. The van der Waals surface area contributed by atoms with Crippen molar-refractivity contribution in [1.82, 2.24) is 9.97 Å². The molecule has 0 radical (unpaired) electrons. The van der Waals surface area contributed by atoms with Crippen LogP contribution in [-0.2, 0) is 0 Å². The molecule has 1 amide bonds. The Labute approximate surface area is 138 Å². The fourth-order valence-electron chi connectivity index (χ4n) is 2.56. The molecule has 5 nitrogen and oxygen atoms in total. The van der Waals surface area contributed by atoms with Gasteiger partial charge in [0, 0.05) is 31.4 Å². The largest absolute Gasteiger partial charge is 0.357 e. The summed E-state index contributed by atoms with van der Waals surface area (Å²) in [6, 6.07) is 11.4. The van der Waals surface area contributed by atoms with E-state index in [0.717, 1.165) is 24.6 Å². The van der Waals surface area contributed by atoms with Gasteiger partial charge < -0.3 is 9.80 Å². The Bertz CT molecular complexity index is 653. The first kappa shape index (κ1) is 16.9. The van der Waals surface area contributed by atoms with Crippen LogP contribution in [0.2, 0.25) is 0 Å². The number of anilines is 2. The van der Waals surface area contributed by atoms with Crippen molar-refractivity contribution in [3.05, 3.63) is 47.9 Å². The zero-order valence-electron chi connectivity index (χ0n) is 14.3. The maximum absolute atomic E-state index is 12.9. The highest BCUT2D eigenvalue weighted by Crippen LogP contribution is 2.18. The second-order valence-electron chi connectivity index (χ2n) is 5.22. The Morgan fingerprint density at radius 1 is 1.00 bits per heavy atom. The maximum atomic E-state index is 12.9. The number of aromatic nitrogens is 2. The number of hydrogen-bond donors (Lipinski definition) is 0. The Balaban J connectivity index is 2.38. The summed E-state index contributed by atoms with van der Waals surface area (Å²) >= 11 is 0. The van der Waals surface area contributed by atoms with Crippen molar-refractivity contribution in [1.29, 1.82) is 0 Å². The lowest BCUT2D eigenvalue weighted by Crippen LogP contribution is -2.32. The summed E-state index contributed by atoms with van der Waals surface area (Å²) in [5.74, 6) is 1.31. The molecule has 0 fully saturated rings. The van der Waals surface area contributed by atoms with Crippen LogP contribution in [0.1, 0.15) is 37.1 Å². The number of benzene rings is 1. The van der Waals surface area contributed by atoms with Crippen LogP contribution in [0.25, 0.3) is 0 Å². The van der Waals surface area contributed by atoms with Crippen molar-refractivity contribution < 1.29 is 4.79 Å². The number of nitrogens with zero attached hydrogens (tertiary/aromatic N) is 4. The van der Waals surface area contributed by atoms with Gasteiger partial charge >= 0.3 is 0 Å². The molecule has 2 rings (SSSR count). The fraction of sp³-hybridized carbons (Fsp3) is 0.389. The smallest absolute Gasteiger partial charge is 0.277 e. The van der Waals surface area contributed by atoms with Gasteiger partial charge in [-0.2, -0.15) is 0 Å². The van der Waals surface area contributed by atoms with Crippen LogP contribution < -0.4 is 9.80 Å². The van der Waals surface area contributed by atoms with Gasteiger partial charge in [0.25, 0.3) is 5.91 Å². The van der Waals surface area contributed by atoms with E-state index in [1.165, 1.54) is 0 Å². The monoisotopic (exact) mass is 312 g/mol. The lowest BCUT2D eigenvalue weighted by atomic mass is 10.2. The van der Waals surface area contributed by atoms with Crippen molar-refractivity contribution in [3.63, 3.8) is 0 Å². The van der Waals surface area contributed by atoms with Crippen LogP contribution in [0.4, 0.5) is 11.5 Å². The summed E-state index contributed by atoms with van der Waals surface area (Å²) in [4.78, 5) is 25.6. The molecule has 0 aliphatic heterocycles. The third-order valence-corrected chi connectivity index (χ3v) is 3.76. The molecule has 122 valence electrons. The summed E-state index contributed by atoms with van der Waals surface area (Å²) in [5.41, 5.74) is 1.31. The molecule has 0 unspecified atom stereocenters. The first-order valence-electron chi connectivity index (χ1n) is 8.08. The SMILES string of the molecule is CCN(CC)c1cc(C(=O)N(CC)c2ccccc2)nc(C)n1. The predicted octanol–water partition coefficient (Wildman–Crippen LogP) is 3.30. The van der Waals surface area contributed by atoms with E-state index < -0.39 is 0 Å². The molecule has 5 heteroatoms. The Morgan fingerprint density at radius 2 is 1.65 bits per heavy atom. The van der Waals surface area contributed by atoms with Gasteiger partial charge in [0.2, 0.25) is 0 Å². The van der Waals surface area contributed by atoms with Gasteiger partial charge in [0.15, 0.2) is 0 Å². The summed E-state index contributed by atoms with van der Waals surface area (Å²) in [7, 11) is 0. The number of rotatable bonds is 6. The van der Waals surface area contributed by atoms with Crippen molar-refractivity contribution >= 4 is 17.4 Å². The quantitative estimate of drug-likeness (QED) is 0.821. The number of carbonyl (C=O) groups is 1. The Kier molecular flexibility index (Phi) is 5.68. The van der Waals surface area contributed by atoms with Crippen LogP contribution >= 0.6 is 0 Å². The number of carbonyl (C=O) groups excluding carboxylic acids is 1. The van der Waals surface area contributed by atoms with Crippen molar-refractivity contribution in [2.24, 2.45) is 0 Å². The van der Waals surface area contributed by atoms with Gasteiger partial charge in [-0.25, -0.2) is 9.97 Å². The molecule has 0 aliphatic carbocycles. The molecule has 1 aromatic carbocycles. The predicted molar refractivity (Wildman–Crippen MR) is 94.1 cm³/mol. The number of para-hydroxylation sites is 1. The van der Waals surface area contributed by atoms with E-state index >= 15 is 0 Å². The molecule has 0 atom stereocenters. The lowest BCUT2D eigenvalue weighted by Gasteiger charge is -2.23. The molecule has 1 heterocycles. The molecule has 1 aromatic heterocycles. The van der Waals surface area contributed by atoms with Crippen LogP contribution in [0.3, 0.4) is 0 Å². The van der Waals surface area contributed by atoms with Gasteiger partial charge in [0.1, 0.15) is 17.3 Å². The van der Waals surface area contributed by atoms with Gasteiger partial charge in [-0.1, -0.05) is 18.2 Å². The van der Waals surface area contributed by atoms with Gasteiger partial charge in [-0.3, -0.25) is 4.79 Å². The first-order valence-corrected chi connectivity index (χ1v) is 8.08. The fourth-order valence-corrected chi connectivity index (χ4v) is 2.56. The van der Waals surface area contributed by atoms with Crippen molar-refractivity contribution in [2.75, 3.05) is 29.4 Å². The molecule has 0 saturated carbocycles. The number of hydrogen-bond acceptors (Lipinski definition) is 4.